The first-order valence-electron chi connectivity index (χ1n) is 6.99. The topological polar surface area (TPSA) is 54.4 Å². The van der Waals surface area contributed by atoms with Crippen LogP contribution in [0.15, 0.2) is 22.5 Å². The first kappa shape index (κ1) is 16.2. The van der Waals surface area contributed by atoms with Crippen LogP contribution >= 0.6 is 28.7 Å². The highest BCUT2D eigenvalue weighted by atomic mass is 79.9. The minimum absolute atomic E-state index is 0. The molecule has 0 bridgehead atoms. The van der Waals surface area contributed by atoms with Gasteiger partial charge in [-0.25, -0.2) is 0 Å². The molecule has 1 amide bonds. The number of methoxy groups -OCH3 is 1. The van der Waals surface area contributed by atoms with Crippen LogP contribution in [0, 0.1) is 0 Å². The molecule has 1 aromatic rings. The predicted octanol–water partition coefficient (Wildman–Crippen LogP) is 2.35. The number of rotatable bonds is 2. The van der Waals surface area contributed by atoms with Crippen LogP contribution in [0.1, 0.15) is 5.56 Å². The van der Waals surface area contributed by atoms with Gasteiger partial charge in [0.1, 0.15) is 5.75 Å². The summed E-state index contributed by atoms with van der Waals surface area (Å²) in [6, 6.07) is 3.79. The molecule has 0 N–H and O–H groups in total. The van der Waals surface area contributed by atoms with Crippen LogP contribution in [0.4, 0.5) is 5.69 Å². The highest BCUT2D eigenvalue weighted by Crippen LogP contribution is 2.45. The zero-order valence-electron chi connectivity index (χ0n) is 12.7. The zero-order chi connectivity index (χ0) is 15.3. The summed E-state index contributed by atoms with van der Waals surface area (Å²) in [5, 5.41) is 3.10. The number of nitrogens with zero attached hydrogens (tertiary/aromatic N) is 3. The van der Waals surface area contributed by atoms with Crippen molar-refractivity contribution in [3.05, 3.63) is 23.1 Å². The second-order valence-electron chi connectivity index (χ2n) is 5.20. The first-order valence-corrected chi connectivity index (χ1v) is 7.87. The lowest BCUT2D eigenvalue weighted by Gasteiger charge is -2.29. The van der Waals surface area contributed by atoms with Crippen LogP contribution < -0.4 is 14.4 Å². The lowest BCUT2D eigenvalue weighted by atomic mass is 10.1. The van der Waals surface area contributed by atoms with E-state index in [1.807, 2.05) is 12.1 Å². The molecule has 8 heteroatoms. The number of halogens is 1. The molecule has 0 aromatic heterocycles. The highest BCUT2D eigenvalue weighted by molar-refractivity contribution is 8.93. The number of fused-ring (bicyclic) bond motifs is 2. The standard InChI is InChI=1S/C15H15N3O3S.BrH/c1-17-11-6-9(20-2)5-10(14(11)21-7-13(17)19)12-8-22-15-16-3-4-18(12)15;/h5-6,8H,3-4,7H2,1-2H3;1H. The molecule has 0 radical (unpaired) electrons. The van der Waals surface area contributed by atoms with Crippen molar-refractivity contribution in [2.24, 2.45) is 4.99 Å². The Hall–Kier alpha value is -1.67. The summed E-state index contributed by atoms with van der Waals surface area (Å²) >= 11 is 1.62. The fraction of sp³-hybridized carbons (Fsp3) is 0.333. The summed E-state index contributed by atoms with van der Waals surface area (Å²) in [6.07, 6.45) is 0. The van der Waals surface area contributed by atoms with Crippen LogP contribution in [0.5, 0.6) is 11.5 Å². The maximum absolute atomic E-state index is 11.9. The van der Waals surface area contributed by atoms with Crippen molar-refractivity contribution in [1.29, 1.82) is 0 Å². The van der Waals surface area contributed by atoms with E-state index in [0.717, 1.165) is 41.0 Å². The second kappa shape index (κ2) is 6.09. The van der Waals surface area contributed by atoms with Gasteiger partial charge in [0.25, 0.3) is 5.91 Å². The van der Waals surface area contributed by atoms with Crippen molar-refractivity contribution in [1.82, 2.24) is 4.90 Å². The summed E-state index contributed by atoms with van der Waals surface area (Å²) in [4.78, 5) is 20.2. The molecule has 3 aliphatic rings. The van der Waals surface area contributed by atoms with Gasteiger partial charge in [-0.15, -0.1) is 17.0 Å². The monoisotopic (exact) mass is 397 g/mol. The van der Waals surface area contributed by atoms with Crippen LogP contribution in [-0.4, -0.2) is 49.8 Å². The molecule has 0 fully saturated rings. The number of ether oxygens (including phenoxy) is 2. The quantitative estimate of drug-likeness (QED) is 0.766. The summed E-state index contributed by atoms with van der Waals surface area (Å²) in [5.74, 6) is 1.36. The number of hydrogen-bond donors (Lipinski definition) is 0. The molecule has 4 rings (SSSR count). The Morgan fingerprint density at radius 1 is 1.39 bits per heavy atom. The number of benzene rings is 1. The van der Waals surface area contributed by atoms with Gasteiger partial charge < -0.3 is 19.3 Å². The fourth-order valence-corrected chi connectivity index (χ4v) is 3.75. The Kier molecular flexibility index (Phi) is 4.29. The largest absolute Gasteiger partial charge is 0.497 e. The van der Waals surface area contributed by atoms with E-state index >= 15 is 0 Å². The van der Waals surface area contributed by atoms with Crippen LogP contribution in [-0.2, 0) is 4.79 Å². The number of aliphatic imine (C=N–C) groups is 1. The van der Waals surface area contributed by atoms with Gasteiger partial charge in [0, 0.05) is 30.6 Å². The van der Waals surface area contributed by atoms with E-state index in [2.05, 4.69) is 15.3 Å². The second-order valence-corrected chi connectivity index (χ2v) is 6.04. The minimum atomic E-state index is -0.0649. The van der Waals surface area contributed by atoms with Crippen molar-refractivity contribution in [2.75, 3.05) is 38.8 Å². The molecule has 23 heavy (non-hydrogen) atoms. The molecule has 3 heterocycles. The van der Waals surface area contributed by atoms with Crippen molar-refractivity contribution >= 4 is 51.2 Å². The maximum atomic E-state index is 11.9. The van der Waals surface area contributed by atoms with Crippen molar-refractivity contribution in [2.45, 2.75) is 0 Å². The number of amidine groups is 1. The summed E-state index contributed by atoms with van der Waals surface area (Å²) in [7, 11) is 3.38. The van der Waals surface area contributed by atoms with Gasteiger partial charge in [-0.3, -0.25) is 9.79 Å². The molecule has 1 aromatic carbocycles. The third-order valence-corrected chi connectivity index (χ3v) is 4.90. The molecule has 6 nitrogen and oxygen atoms in total. The van der Waals surface area contributed by atoms with Gasteiger partial charge in [-0.05, 0) is 6.07 Å². The van der Waals surface area contributed by atoms with Crippen LogP contribution in [0.2, 0.25) is 0 Å². The van der Waals surface area contributed by atoms with E-state index in [-0.39, 0.29) is 29.5 Å². The number of likely N-dealkylation sites (N-methyl/N-ethyl adjacent to an activating group) is 1. The van der Waals surface area contributed by atoms with E-state index in [0.29, 0.717) is 5.75 Å². The summed E-state index contributed by atoms with van der Waals surface area (Å²) in [5.41, 5.74) is 2.73. The number of carbonyl (C=O) groups excluding carboxylic acids is 1. The van der Waals surface area contributed by atoms with Gasteiger partial charge in [-0.2, -0.15) is 0 Å². The minimum Gasteiger partial charge on any atom is -0.497 e. The average Bonchev–Trinajstić information content (AvgIpc) is 3.13. The van der Waals surface area contributed by atoms with Crippen molar-refractivity contribution < 1.29 is 14.3 Å². The third kappa shape index (κ3) is 2.49. The molecule has 0 unspecified atom stereocenters. The number of thioether (sulfide) groups is 1. The third-order valence-electron chi connectivity index (χ3n) is 4.00. The maximum Gasteiger partial charge on any atom is 0.264 e. The normalized spacial score (nSPS) is 18.6. The molecule has 3 aliphatic heterocycles. The van der Waals surface area contributed by atoms with Gasteiger partial charge in [0.15, 0.2) is 17.5 Å². The van der Waals surface area contributed by atoms with Gasteiger partial charge in [0.05, 0.1) is 25.0 Å². The van der Waals surface area contributed by atoms with Crippen LogP contribution in [0.25, 0.3) is 5.70 Å². The van der Waals surface area contributed by atoms with E-state index in [4.69, 9.17) is 9.47 Å². The highest BCUT2D eigenvalue weighted by Gasteiger charge is 2.33. The molecule has 122 valence electrons. The Bertz CT molecular complexity index is 735. The molecular weight excluding hydrogens is 382 g/mol. The fourth-order valence-electron chi connectivity index (χ4n) is 2.79. The summed E-state index contributed by atoms with van der Waals surface area (Å²) < 4.78 is 11.1. The van der Waals surface area contributed by atoms with Crippen molar-refractivity contribution in [3.8, 4) is 11.5 Å². The van der Waals surface area contributed by atoms with E-state index in [9.17, 15) is 4.79 Å². The number of hydrogen-bond acceptors (Lipinski definition) is 6. The Morgan fingerprint density at radius 3 is 3.00 bits per heavy atom. The molecule has 0 aliphatic carbocycles. The SMILES string of the molecule is Br.COc1cc(C2=CSC3=NCCN23)c2c(c1)N(C)C(=O)CO2. The number of amides is 1. The van der Waals surface area contributed by atoms with E-state index in [1.54, 1.807) is 30.8 Å². The molecule has 0 atom stereocenters. The lowest BCUT2D eigenvalue weighted by Crippen LogP contribution is -2.36. The molecular formula is C15H16BrN3O3S. The first-order chi connectivity index (χ1) is 10.7. The average molecular weight is 398 g/mol. The van der Waals surface area contributed by atoms with Gasteiger partial charge in [-0.1, -0.05) is 11.8 Å². The van der Waals surface area contributed by atoms with Gasteiger partial charge >= 0.3 is 0 Å². The number of carbonyl (C=O) groups is 1. The van der Waals surface area contributed by atoms with Crippen molar-refractivity contribution in [3.63, 3.8) is 0 Å². The molecule has 0 spiro atoms. The number of anilines is 1. The Balaban J connectivity index is 0.00000156. The zero-order valence-corrected chi connectivity index (χ0v) is 15.3. The van der Waals surface area contributed by atoms with E-state index in [1.165, 1.54) is 0 Å². The van der Waals surface area contributed by atoms with Crippen LogP contribution in [0.3, 0.4) is 0 Å². The predicted molar refractivity (Wildman–Crippen MR) is 96.8 cm³/mol. The summed E-state index contributed by atoms with van der Waals surface area (Å²) in [6.45, 7) is 1.74. The Labute approximate surface area is 148 Å². The van der Waals surface area contributed by atoms with Gasteiger partial charge in [0.2, 0.25) is 0 Å². The lowest BCUT2D eigenvalue weighted by molar-refractivity contribution is -0.120. The smallest absolute Gasteiger partial charge is 0.264 e. The van der Waals surface area contributed by atoms with E-state index < -0.39 is 0 Å². The molecule has 0 saturated carbocycles. The Morgan fingerprint density at radius 2 is 2.22 bits per heavy atom. The molecule has 0 saturated heterocycles.